The Labute approximate surface area is 112 Å². The number of nitrogens with zero attached hydrogens (tertiary/aromatic N) is 1. The van der Waals surface area contributed by atoms with Crippen molar-refractivity contribution in [1.82, 2.24) is 10.3 Å². The van der Waals surface area contributed by atoms with Crippen LogP contribution in [0.15, 0.2) is 18.2 Å². The summed E-state index contributed by atoms with van der Waals surface area (Å²) in [4.78, 5) is 27.0. The summed E-state index contributed by atoms with van der Waals surface area (Å²) in [5.41, 5.74) is 0.0510. The highest BCUT2D eigenvalue weighted by atomic mass is 16.5. The van der Waals surface area contributed by atoms with Gasteiger partial charge in [-0.25, -0.2) is 9.78 Å². The lowest BCUT2D eigenvalue weighted by atomic mass is 10.1. The summed E-state index contributed by atoms with van der Waals surface area (Å²) in [5.74, 6) is -0.856. The highest BCUT2D eigenvalue weighted by Gasteiger charge is 2.27. The number of pyridine rings is 1. The molecule has 0 atom stereocenters. The monoisotopic (exact) mass is 266 g/mol. The van der Waals surface area contributed by atoms with Crippen LogP contribution < -0.4 is 5.32 Å². The van der Waals surface area contributed by atoms with Crippen molar-refractivity contribution in [1.29, 1.82) is 0 Å². The van der Waals surface area contributed by atoms with Crippen LogP contribution in [0.1, 0.15) is 30.0 Å². The minimum absolute atomic E-state index is 0.234. The van der Waals surface area contributed by atoms with Gasteiger partial charge in [-0.2, -0.15) is 0 Å². The summed E-state index contributed by atoms with van der Waals surface area (Å²) in [7, 11) is 2.64. The minimum Gasteiger partial charge on any atom is -0.468 e. The topological polar surface area (TPSA) is 77.5 Å². The van der Waals surface area contributed by atoms with Crippen molar-refractivity contribution in [2.75, 3.05) is 14.2 Å². The molecule has 0 spiro atoms. The van der Waals surface area contributed by atoms with Crippen LogP contribution in [0, 0.1) is 0 Å². The maximum absolute atomic E-state index is 11.5. The van der Waals surface area contributed by atoms with E-state index < -0.39 is 11.5 Å². The number of nitrogens with one attached hydrogen (secondary N) is 1. The summed E-state index contributed by atoms with van der Waals surface area (Å²) < 4.78 is 9.28. The SMILES string of the molecule is COC(=O)c1cccc(CNC(C)(C)C(=O)OC)n1. The predicted octanol–water partition coefficient (Wildman–Crippen LogP) is 0.909. The van der Waals surface area contributed by atoms with E-state index in [1.165, 1.54) is 14.2 Å². The van der Waals surface area contributed by atoms with E-state index in [2.05, 4.69) is 19.8 Å². The van der Waals surface area contributed by atoms with Crippen molar-refractivity contribution in [3.8, 4) is 0 Å². The summed E-state index contributed by atoms with van der Waals surface area (Å²) in [6.45, 7) is 3.76. The largest absolute Gasteiger partial charge is 0.468 e. The zero-order chi connectivity index (χ0) is 14.5. The van der Waals surface area contributed by atoms with Gasteiger partial charge in [-0.15, -0.1) is 0 Å². The zero-order valence-corrected chi connectivity index (χ0v) is 11.5. The Hall–Kier alpha value is -1.95. The average molecular weight is 266 g/mol. The van der Waals surface area contributed by atoms with Crippen molar-refractivity contribution in [3.63, 3.8) is 0 Å². The molecule has 1 aromatic heterocycles. The summed E-state index contributed by atoms with van der Waals surface area (Å²) in [6, 6.07) is 5.04. The second kappa shape index (κ2) is 6.29. The summed E-state index contributed by atoms with van der Waals surface area (Å²) >= 11 is 0. The molecule has 104 valence electrons. The molecule has 0 radical (unpaired) electrons. The fourth-order valence-corrected chi connectivity index (χ4v) is 1.44. The van der Waals surface area contributed by atoms with Crippen molar-refractivity contribution in [2.24, 2.45) is 0 Å². The van der Waals surface area contributed by atoms with Crippen LogP contribution in [-0.2, 0) is 20.8 Å². The smallest absolute Gasteiger partial charge is 0.356 e. The predicted molar refractivity (Wildman–Crippen MR) is 68.5 cm³/mol. The number of esters is 2. The lowest BCUT2D eigenvalue weighted by molar-refractivity contribution is -0.147. The fourth-order valence-electron chi connectivity index (χ4n) is 1.44. The van der Waals surface area contributed by atoms with E-state index in [0.29, 0.717) is 12.2 Å². The van der Waals surface area contributed by atoms with Crippen LogP contribution in [0.5, 0.6) is 0 Å². The number of rotatable bonds is 5. The number of aromatic nitrogens is 1. The lowest BCUT2D eigenvalue weighted by Crippen LogP contribution is -2.47. The summed E-state index contributed by atoms with van der Waals surface area (Å²) in [6.07, 6.45) is 0. The van der Waals surface area contributed by atoms with E-state index in [4.69, 9.17) is 0 Å². The Morgan fingerprint density at radius 3 is 2.53 bits per heavy atom. The fraction of sp³-hybridized carbons (Fsp3) is 0.462. The van der Waals surface area contributed by atoms with Gasteiger partial charge in [-0.1, -0.05) is 6.07 Å². The second-order valence-electron chi connectivity index (χ2n) is 4.48. The summed E-state index contributed by atoms with van der Waals surface area (Å²) in [5, 5.41) is 3.02. The maximum Gasteiger partial charge on any atom is 0.356 e. The van der Waals surface area contributed by atoms with Crippen LogP contribution in [0.3, 0.4) is 0 Å². The lowest BCUT2D eigenvalue weighted by Gasteiger charge is -2.22. The van der Waals surface area contributed by atoms with Gasteiger partial charge in [-0.05, 0) is 26.0 Å². The molecule has 0 aliphatic heterocycles. The quantitative estimate of drug-likeness (QED) is 0.798. The molecule has 0 bridgehead atoms. The molecular weight excluding hydrogens is 248 g/mol. The van der Waals surface area contributed by atoms with E-state index >= 15 is 0 Å². The molecule has 1 rings (SSSR count). The number of hydrogen-bond donors (Lipinski definition) is 1. The van der Waals surface area contributed by atoms with Gasteiger partial charge in [0.2, 0.25) is 0 Å². The van der Waals surface area contributed by atoms with E-state index in [1.54, 1.807) is 32.0 Å². The maximum atomic E-state index is 11.5. The van der Waals surface area contributed by atoms with E-state index in [0.717, 1.165) is 0 Å². The molecule has 0 fully saturated rings. The first-order chi connectivity index (χ1) is 8.90. The molecule has 6 nitrogen and oxygen atoms in total. The molecule has 1 aromatic rings. The number of hydrogen-bond acceptors (Lipinski definition) is 6. The van der Waals surface area contributed by atoms with Gasteiger partial charge >= 0.3 is 11.9 Å². The van der Waals surface area contributed by atoms with Crippen molar-refractivity contribution in [2.45, 2.75) is 25.9 Å². The molecule has 19 heavy (non-hydrogen) atoms. The molecule has 6 heteroatoms. The molecule has 0 aliphatic rings. The Morgan fingerprint density at radius 2 is 1.95 bits per heavy atom. The van der Waals surface area contributed by atoms with Gasteiger partial charge in [0, 0.05) is 6.54 Å². The third-order valence-electron chi connectivity index (χ3n) is 2.61. The van der Waals surface area contributed by atoms with Crippen molar-refractivity contribution in [3.05, 3.63) is 29.6 Å². The molecule has 0 aliphatic carbocycles. The van der Waals surface area contributed by atoms with E-state index in [-0.39, 0.29) is 11.7 Å². The van der Waals surface area contributed by atoms with Gasteiger partial charge in [0.15, 0.2) is 0 Å². The van der Waals surface area contributed by atoms with Crippen LogP contribution in [0.2, 0.25) is 0 Å². The molecule has 0 unspecified atom stereocenters. The zero-order valence-electron chi connectivity index (χ0n) is 11.5. The molecular formula is C13H18N2O4. The van der Waals surface area contributed by atoms with Crippen molar-refractivity contribution >= 4 is 11.9 Å². The second-order valence-corrected chi connectivity index (χ2v) is 4.48. The number of ether oxygens (including phenoxy) is 2. The average Bonchev–Trinajstić information content (AvgIpc) is 2.43. The Balaban J connectivity index is 2.73. The van der Waals surface area contributed by atoms with Gasteiger partial charge < -0.3 is 9.47 Å². The van der Waals surface area contributed by atoms with Crippen molar-refractivity contribution < 1.29 is 19.1 Å². The van der Waals surface area contributed by atoms with Gasteiger partial charge in [0.1, 0.15) is 11.2 Å². The Morgan fingerprint density at radius 1 is 1.26 bits per heavy atom. The molecule has 0 aromatic carbocycles. The van der Waals surface area contributed by atoms with Gasteiger partial charge in [0.05, 0.1) is 19.9 Å². The van der Waals surface area contributed by atoms with Gasteiger partial charge in [-0.3, -0.25) is 10.1 Å². The Bertz CT molecular complexity index is 471. The normalized spacial score (nSPS) is 10.9. The number of carbonyl (C=O) groups is 2. The first-order valence-corrected chi connectivity index (χ1v) is 5.78. The van der Waals surface area contributed by atoms with E-state index in [1.807, 2.05) is 0 Å². The highest BCUT2D eigenvalue weighted by Crippen LogP contribution is 2.07. The highest BCUT2D eigenvalue weighted by molar-refractivity contribution is 5.87. The van der Waals surface area contributed by atoms with E-state index in [9.17, 15) is 9.59 Å². The van der Waals surface area contributed by atoms with Crippen LogP contribution in [0.4, 0.5) is 0 Å². The van der Waals surface area contributed by atoms with Gasteiger partial charge in [0.25, 0.3) is 0 Å². The number of methoxy groups -OCH3 is 2. The van der Waals surface area contributed by atoms with Crippen LogP contribution in [-0.4, -0.2) is 36.7 Å². The van der Waals surface area contributed by atoms with Crippen LogP contribution in [0.25, 0.3) is 0 Å². The third kappa shape index (κ3) is 4.03. The standard InChI is InChI=1S/C13H18N2O4/c1-13(2,12(17)19-4)14-8-9-6-5-7-10(15-9)11(16)18-3/h5-7,14H,8H2,1-4H3. The first-order valence-electron chi connectivity index (χ1n) is 5.78. The molecule has 0 saturated heterocycles. The molecule has 1 N–H and O–H groups in total. The third-order valence-corrected chi connectivity index (χ3v) is 2.61. The van der Waals surface area contributed by atoms with Crippen LogP contribution >= 0.6 is 0 Å². The first kappa shape index (κ1) is 15.1. The Kier molecular flexibility index (Phi) is 5.00. The number of carbonyl (C=O) groups excluding carboxylic acids is 2. The molecule has 0 saturated carbocycles. The minimum atomic E-state index is -0.822. The molecule has 0 amide bonds. The molecule has 1 heterocycles.